The maximum atomic E-state index is 12.7. The molecule has 0 fully saturated rings. The Labute approximate surface area is 183 Å². The molecule has 7 nitrogen and oxygen atoms in total. The number of anilines is 2. The third kappa shape index (κ3) is 4.79. The van der Waals surface area contributed by atoms with E-state index in [9.17, 15) is 9.59 Å². The van der Waals surface area contributed by atoms with Crippen molar-refractivity contribution in [3.8, 4) is 11.5 Å². The zero-order chi connectivity index (χ0) is 21.8. The van der Waals surface area contributed by atoms with Crippen LogP contribution in [0, 0.1) is 6.92 Å². The lowest BCUT2D eigenvalue weighted by Gasteiger charge is -2.12. The molecular weight excluding hydrogens is 416 g/mol. The minimum Gasteiger partial charge on any atom is -0.334 e. The van der Waals surface area contributed by atoms with Gasteiger partial charge in [0.25, 0.3) is 17.7 Å². The summed E-state index contributed by atoms with van der Waals surface area (Å²) in [6, 6.07) is 20.3. The van der Waals surface area contributed by atoms with Gasteiger partial charge < -0.3 is 15.2 Å². The quantitative estimate of drug-likeness (QED) is 0.451. The Balaban J connectivity index is 1.49. The van der Waals surface area contributed by atoms with Crippen LogP contribution < -0.4 is 10.6 Å². The minimum atomic E-state index is -0.347. The van der Waals surface area contributed by atoms with Gasteiger partial charge in [0, 0.05) is 21.8 Å². The molecule has 0 aliphatic rings. The largest absolute Gasteiger partial charge is 0.334 e. The highest BCUT2D eigenvalue weighted by atomic mass is 35.5. The number of hydrogen-bond donors (Lipinski definition) is 2. The third-order valence-electron chi connectivity index (χ3n) is 4.44. The molecule has 0 radical (unpaired) electrons. The first-order valence-electron chi connectivity index (χ1n) is 9.37. The Morgan fingerprint density at radius 2 is 1.58 bits per heavy atom. The molecule has 4 aromatic rings. The van der Waals surface area contributed by atoms with E-state index in [-0.39, 0.29) is 11.8 Å². The smallest absolute Gasteiger partial charge is 0.257 e. The number of nitrogens with one attached hydrogen (secondary N) is 2. The molecule has 3 aromatic carbocycles. The fourth-order valence-corrected chi connectivity index (χ4v) is 3.02. The van der Waals surface area contributed by atoms with Crippen molar-refractivity contribution >= 4 is 34.8 Å². The summed E-state index contributed by atoms with van der Waals surface area (Å²) in [4.78, 5) is 29.6. The molecule has 0 bridgehead atoms. The average Bonchev–Trinajstić information content (AvgIpc) is 3.22. The number of rotatable bonds is 5. The molecule has 0 aliphatic carbocycles. The normalized spacial score (nSPS) is 10.5. The number of carbonyl (C=O) groups excluding carboxylic acids is 2. The van der Waals surface area contributed by atoms with Crippen molar-refractivity contribution in [2.75, 3.05) is 10.6 Å². The van der Waals surface area contributed by atoms with Crippen molar-refractivity contribution < 1.29 is 14.1 Å². The molecule has 2 amide bonds. The zero-order valence-electron chi connectivity index (χ0n) is 16.4. The van der Waals surface area contributed by atoms with Crippen LogP contribution in [-0.4, -0.2) is 22.0 Å². The first kappa shape index (κ1) is 20.3. The molecule has 1 heterocycles. The topological polar surface area (TPSA) is 97.1 Å². The summed E-state index contributed by atoms with van der Waals surface area (Å²) in [6.45, 7) is 1.73. The molecule has 2 N–H and O–H groups in total. The van der Waals surface area contributed by atoms with Gasteiger partial charge in [-0.2, -0.15) is 4.98 Å². The maximum absolute atomic E-state index is 12.7. The number of amides is 2. The predicted molar refractivity (Wildman–Crippen MR) is 118 cm³/mol. The second-order valence-electron chi connectivity index (χ2n) is 6.68. The van der Waals surface area contributed by atoms with Crippen LogP contribution in [0.25, 0.3) is 11.5 Å². The molecule has 0 spiro atoms. The zero-order valence-corrected chi connectivity index (χ0v) is 17.2. The second-order valence-corrected chi connectivity index (χ2v) is 7.12. The summed E-state index contributed by atoms with van der Waals surface area (Å²) < 4.78 is 5.13. The van der Waals surface area contributed by atoms with E-state index in [1.807, 2.05) is 0 Å². The lowest BCUT2D eigenvalue weighted by Crippen LogP contribution is -2.18. The molecule has 4 rings (SSSR count). The van der Waals surface area contributed by atoms with Gasteiger partial charge in [-0.05, 0) is 67.6 Å². The minimum absolute atomic E-state index is 0.337. The van der Waals surface area contributed by atoms with Crippen molar-refractivity contribution in [3.05, 3.63) is 94.8 Å². The predicted octanol–water partition coefficient (Wildman–Crippen LogP) is 5.20. The van der Waals surface area contributed by atoms with E-state index in [4.69, 9.17) is 16.1 Å². The van der Waals surface area contributed by atoms with Crippen LogP contribution in [0.4, 0.5) is 11.4 Å². The van der Waals surface area contributed by atoms with E-state index in [0.717, 1.165) is 0 Å². The Kier molecular flexibility index (Phi) is 5.77. The van der Waals surface area contributed by atoms with Crippen LogP contribution in [0.15, 0.2) is 77.3 Å². The van der Waals surface area contributed by atoms with Gasteiger partial charge in [-0.3, -0.25) is 9.59 Å². The summed E-state index contributed by atoms with van der Waals surface area (Å²) >= 11 is 5.88. The van der Waals surface area contributed by atoms with E-state index in [1.165, 1.54) is 0 Å². The van der Waals surface area contributed by atoms with Gasteiger partial charge in [0.1, 0.15) is 0 Å². The van der Waals surface area contributed by atoms with Crippen molar-refractivity contribution in [2.45, 2.75) is 6.92 Å². The van der Waals surface area contributed by atoms with E-state index in [0.29, 0.717) is 44.8 Å². The Bertz CT molecular complexity index is 1230. The number of nitrogens with zero attached hydrogens (tertiary/aromatic N) is 2. The average molecular weight is 433 g/mol. The highest BCUT2D eigenvalue weighted by Gasteiger charge is 2.15. The number of carbonyl (C=O) groups is 2. The van der Waals surface area contributed by atoms with Crippen LogP contribution in [0.2, 0.25) is 5.02 Å². The monoisotopic (exact) mass is 432 g/mol. The van der Waals surface area contributed by atoms with Crippen LogP contribution >= 0.6 is 11.6 Å². The van der Waals surface area contributed by atoms with Crippen molar-refractivity contribution in [1.82, 2.24) is 10.1 Å². The number of aryl methyl sites for hydroxylation is 1. The summed E-state index contributed by atoms with van der Waals surface area (Å²) in [5.41, 5.74) is 2.47. The summed E-state index contributed by atoms with van der Waals surface area (Å²) in [7, 11) is 0. The van der Waals surface area contributed by atoms with E-state index >= 15 is 0 Å². The Morgan fingerprint density at radius 1 is 0.871 bits per heavy atom. The molecular formula is C23H17ClN4O3. The number of para-hydroxylation sites is 1. The SMILES string of the molecule is Cc1noc(-c2ccc(C(=O)Nc3ccccc3C(=O)Nc3ccc(Cl)cc3)cc2)n1. The third-order valence-corrected chi connectivity index (χ3v) is 4.70. The number of benzene rings is 3. The fourth-order valence-electron chi connectivity index (χ4n) is 2.89. The van der Waals surface area contributed by atoms with Crippen LogP contribution in [0.5, 0.6) is 0 Å². The first-order chi connectivity index (χ1) is 15.0. The van der Waals surface area contributed by atoms with Crippen LogP contribution in [-0.2, 0) is 0 Å². The summed E-state index contributed by atoms with van der Waals surface area (Å²) in [5.74, 6) is 0.222. The molecule has 0 saturated heterocycles. The number of aromatic nitrogens is 2. The van der Waals surface area contributed by atoms with E-state index in [2.05, 4.69) is 20.8 Å². The molecule has 154 valence electrons. The molecule has 0 aliphatic heterocycles. The lowest BCUT2D eigenvalue weighted by atomic mass is 10.1. The Hall–Kier alpha value is -3.97. The highest BCUT2D eigenvalue weighted by molar-refractivity contribution is 6.30. The Morgan fingerprint density at radius 3 is 2.26 bits per heavy atom. The van der Waals surface area contributed by atoms with E-state index in [1.54, 1.807) is 79.7 Å². The molecule has 0 atom stereocenters. The molecule has 0 saturated carbocycles. The van der Waals surface area contributed by atoms with Crippen molar-refractivity contribution in [1.29, 1.82) is 0 Å². The number of hydrogen-bond acceptors (Lipinski definition) is 5. The van der Waals surface area contributed by atoms with E-state index < -0.39 is 0 Å². The molecule has 1 aromatic heterocycles. The van der Waals surface area contributed by atoms with Gasteiger partial charge in [0.15, 0.2) is 5.82 Å². The number of halogens is 1. The lowest BCUT2D eigenvalue weighted by molar-refractivity contribution is 0.102. The first-order valence-corrected chi connectivity index (χ1v) is 9.75. The van der Waals surface area contributed by atoms with Gasteiger partial charge in [0.2, 0.25) is 0 Å². The van der Waals surface area contributed by atoms with Gasteiger partial charge >= 0.3 is 0 Å². The molecule has 31 heavy (non-hydrogen) atoms. The van der Waals surface area contributed by atoms with Gasteiger partial charge in [-0.1, -0.05) is 28.9 Å². The van der Waals surface area contributed by atoms with Gasteiger partial charge in [-0.15, -0.1) is 0 Å². The van der Waals surface area contributed by atoms with Crippen molar-refractivity contribution in [2.24, 2.45) is 0 Å². The maximum Gasteiger partial charge on any atom is 0.257 e. The summed E-state index contributed by atoms with van der Waals surface area (Å²) in [5, 5.41) is 9.92. The fraction of sp³-hybridized carbons (Fsp3) is 0.0435. The highest BCUT2D eigenvalue weighted by Crippen LogP contribution is 2.21. The van der Waals surface area contributed by atoms with Crippen LogP contribution in [0.3, 0.4) is 0 Å². The summed E-state index contributed by atoms with van der Waals surface area (Å²) in [6.07, 6.45) is 0. The standard InChI is InChI=1S/C23H17ClN4O3/c1-14-25-23(31-28-14)16-8-6-15(7-9-16)21(29)27-20-5-3-2-4-19(20)22(30)26-18-12-10-17(24)11-13-18/h2-13H,1H3,(H,26,30)(H,27,29). The van der Waals surface area contributed by atoms with Crippen molar-refractivity contribution in [3.63, 3.8) is 0 Å². The van der Waals surface area contributed by atoms with Crippen LogP contribution in [0.1, 0.15) is 26.5 Å². The van der Waals surface area contributed by atoms with Gasteiger partial charge in [-0.25, -0.2) is 0 Å². The molecule has 8 heteroatoms. The van der Waals surface area contributed by atoms with Gasteiger partial charge in [0.05, 0.1) is 11.3 Å². The molecule has 0 unspecified atom stereocenters. The second kappa shape index (κ2) is 8.81.